The third-order valence-corrected chi connectivity index (χ3v) is 4.47. The third kappa shape index (κ3) is 7.06. The van der Waals surface area contributed by atoms with E-state index in [2.05, 4.69) is 5.32 Å². The molecule has 0 heterocycles. The smallest absolute Gasteiger partial charge is 0.220 e. The standard InChI is InChI=1S/C21H23Cl2NO4/c1-14(25)16-5-6-19(20(12-16)27-2)28-9-3-4-21(26)24-8-7-15-10-17(22)13-18(23)11-15/h5-6,10-13H,3-4,7-9H2,1-2H3,(H,24,26). The van der Waals surface area contributed by atoms with Crippen LogP contribution in [0.25, 0.3) is 0 Å². The lowest BCUT2D eigenvalue weighted by atomic mass is 10.1. The maximum atomic E-state index is 11.9. The first-order chi connectivity index (χ1) is 13.4. The summed E-state index contributed by atoms with van der Waals surface area (Å²) in [6, 6.07) is 10.4. The lowest BCUT2D eigenvalue weighted by Gasteiger charge is -2.11. The Labute approximate surface area is 174 Å². The average Bonchev–Trinajstić information content (AvgIpc) is 2.64. The molecule has 0 unspecified atom stereocenters. The maximum Gasteiger partial charge on any atom is 0.220 e. The SMILES string of the molecule is COc1cc(C(C)=O)ccc1OCCCC(=O)NCCc1cc(Cl)cc(Cl)c1. The molecular formula is C21H23Cl2NO4. The van der Waals surface area contributed by atoms with Gasteiger partial charge in [-0.25, -0.2) is 0 Å². The Hall–Kier alpha value is -2.24. The van der Waals surface area contributed by atoms with Crippen molar-refractivity contribution in [1.29, 1.82) is 0 Å². The van der Waals surface area contributed by atoms with Crippen LogP contribution in [0.5, 0.6) is 11.5 Å². The Kier molecular flexibility index (Phi) is 8.61. The molecule has 1 amide bonds. The first-order valence-electron chi connectivity index (χ1n) is 8.92. The summed E-state index contributed by atoms with van der Waals surface area (Å²) in [6.45, 7) is 2.37. The summed E-state index contributed by atoms with van der Waals surface area (Å²) >= 11 is 11.9. The van der Waals surface area contributed by atoms with Gasteiger partial charge in [-0.1, -0.05) is 23.2 Å². The number of Topliss-reactive ketones (excluding diaryl/α,β-unsaturated/α-hetero) is 1. The van der Waals surface area contributed by atoms with E-state index in [1.807, 2.05) is 12.1 Å². The topological polar surface area (TPSA) is 64.6 Å². The van der Waals surface area contributed by atoms with Gasteiger partial charge in [-0.15, -0.1) is 0 Å². The number of hydrogen-bond donors (Lipinski definition) is 1. The number of amides is 1. The lowest BCUT2D eigenvalue weighted by Crippen LogP contribution is -2.25. The van der Waals surface area contributed by atoms with Crippen LogP contribution in [0, 0.1) is 0 Å². The number of hydrogen-bond acceptors (Lipinski definition) is 4. The van der Waals surface area contributed by atoms with Crippen LogP contribution in [0.2, 0.25) is 10.0 Å². The highest BCUT2D eigenvalue weighted by molar-refractivity contribution is 6.34. The highest BCUT2D eigenvalue weighted by Crippen LogP contribution is 2.28. The number of rotatable bonds is 10. The minimum absolute atomic E-state index is 0.0402. The van der Waals surface area contributed by atoms with Gasteiger partial charge in [0.25, 0.3) is 0 Å². The monoisotopic (exact) mass is 423 g/mol. The molecular weight excluding hydrogens is 401 g/mol. The van der Waals surface area contributed by atoms with Gasteiger partial charge in [0.05, 0.1) is 13.7 Å². The molecule has 2 aromatic rings. The molecule has 0 saturated carbocycles. The van der Waals surface area contributed by atoms with Crippen LogP contribution in [0.4, 0.5) is 0 Å². The molecule has 28 heavy (non-hydrogen) atoms. The van der Waals surface area contributed by atoms with E-state index in [0.29, 0.717) is 59.5 Å². The fraction of sp³-hybridized carbons (Fsp3) is 0.333. The molecule has 0 aliphatic carbocycles. The molecule has 0 spiro atoms. The average molecular weight is 424 g/mol. The van der Waals surface area contributed by atoms with Gasteiger partial charge in [-0.05, 0) is 61.7 Å². The normalized spacial score (nSPS) is 10.4. The van der Waals surface area contributed by atoms with Crippen molar-refractivity contribution in [3.63, 3.8) is 0 Å². The minimum atomic E-state index is -0.0457. The summed E-state index contributed by atoms with van der Waals surface area (Å²) in [6.07, 6.45) is 1.57. The Bertz CT molecular complexity index is 819. The molecule has 2 rings (SSSR count). The number of ketones is 1. The third-order valence-electron chi connectivity index (χ3n) is 4.03. The predicted molar refractivity (Wildman–Crippen MR) is 111 cm³/mol. The van der Waals surface area contributed by atoms with Gasteiger partial charge >= 0.3 is 0 Å². The van der Waals surface area contributed by atoms with Gasteiger partial charge in [-0.3, -0.25) is 9.59 Å². The van der Waals surface area contributed by atoms with E-state index in [9.17, 15) is 9.59 Å². The fourth-order valence-corrected chi connectivity index (χ4v) is 3.18. The van der Waals surface area contributed by atoms with Gasteiger partial charge in [-0.2, -0.15) is 0 Å². The van der Waals surface area contributed by atoms with Crippen molar-refractivity contribution >= 4 is 34.9 Å². The first kappa shape index (κ1) is 22.1. The molecule has 0 aliphatic rings. The molecule has 0 aromatic heterocycles. The Morgan fingerprint density at radius 1 is 1.04 bits per heavy atom. The summed E-state index contributed by atoms with van der Waals surface area (Å²) in [4.78, 5) is 23.4. The Morgan fingerprint density at radius 2 is 1.75 bits per heavy atom. The van der Waals surface area contributed by atoms with Crippen LogP contribution in [0.15, 0.2) is 36.4 Å². The molecule has 1 N–H and O–H groups in total. The lowest BCUT2D eigenvalue weighted by molar-refractivity contribution is -0.121. The Morgan fingerprint density at radius 3 is 2.39 bits per heavy atom. The quantitative estimate of drug-likeness (QED) is 0.443. The summed E-state index contributed by atoms with van der Waals surface area (Å²) in [7, 11) is 1.52. The molecule has 0 atom stereocenters. The largest absolute Gasteiger partial charge is 0.493 e. The van der Waals surface area contributed by atoms with Crippen LogP contribution >= 0.6 is 23.2 Å². The first-order valence-corrected chi connectivity index (χ1v) is 9.68. The van der Waals surface area contributed by atoms with E-state index in [1.165, 1.54) is 14.0 Å². The molecule has 2 aromatic carbocycles. The van der Waals surface area contributed by atoms with Crippen LogP contribution in [-0.2, 0) is 11.2 Å². The molecule has 0 bridgehead atoms. The van der Waals surface area contributed by atoms with Gasteiger partial charge in [0.2, 0.25) is 5.91 Å². The van der Waals surface area contributed by atoms with Gasteiger partial charge in [0.1, 0.15) is 0 Å². The zero-order valence-electron chi connectivity index (χ0n) is 15.9. The van der Waals surface area contributed by atoms with Crippen molar-refractivity contribution in [3.05, 3.63) is 57.6 Å². The van der Waals surface area contributed by atoms with Crippen LogP contribution < -0.4 is 14.8 Å². The van der Waals surface area contributed by atoms with Crippen molar-refractivity contribution in [1.82, 2.24) is 5.32 Å². The molecule has 5 nitrogen and oxygen atoms in total. The second-order valence-electron chi connectivity index (χ2n) is 6.25. The van der Waals surface area contributed by atoms with Gasteiger partial charge in [0.15, 0.2) is 17.3 Å². The van der Waals surface area contributed by atoms with Crippen molar-refractivity contribution in [2.45, 2.75) is 26.2 Å². The zero-order valence-corrected chi connectivity index (χ0v) is 17.4. The maximum absolute atomic E-state index is 11.9. The van der Waals surface area contributed by atoms with E-state index in [1.54, 1.807) is 24.3 Å². The van der Waals surface area contributed by atoms with Crippen molar-refractivity contribution in [2.24, 2.45) is 0 Å². The van der Waals surface area contributed by atoms with E-state index in [-0.39, 0.29) is 11.7 Å². The number of benzene rings is 2. The van der Waals surface area contributed by atoms with Crippen molar-refractivity contribution < 1.29 is 19.1 Å². The number of ether oxygens (including phenoxy) is 2. The molecule has 0 fully saturated rings. The van der Waals surface area contributed by atoms with Crippen LogP contribution in [0.3, 0.4) is 0 Å². The Balaban J connectivity index is 1.70. The predicted octanol–water partition coefficient (Wildman–Crippen LogP) is 4.72. The van der Waals surface area contributed by atoms with E-state index in [0.717, 1.165) is 5.56 Å². The molecule has 150 valence electrons. The van der Waals surface area contributed by atoms with E-state index < -0.39 is 0 Å². The van der Waals surface area contributed by atoms with Crippen LogP contribution in [0.1, 0.15) is 35.7 Å². The number of methoxy groups -OCH3 is 1. The van der Waals surface area contributed by atoms with E-state index >= 15 is 0 Å². The molecule has 0 radical (unpaired) electrons. The summed E-state index contributed by atoms with van der Waals surface area (Å²) < 4.78 is 10.9. The van der Waals surface area contributed by atoms with Gasteiger partial charge in [0, 0.05) is 28.6 Å². The second-order valence-corrected chi connectivity index (χ2v) is 7.12. The van der Waals surface area contributed by atoms with Gasteiger partial charge < -0.3 is 14.8 Å². The molecule has 0 aliphatic heterocycles. The highest BCUT2D eigenvalue weighted by atomic mass is 35.5. The number of carbonyl (C=O) groups is 2. The van der Waals surface area contributed by atoms with Crippen molar-refractivity contribution in [2.75, 3.05) is 20.3 Å². The summed E-state index contributed by atoms with van der Waals surface area (Å²) in [5.74, 6) is 0.959. The number of nitrogens with one attached hydrogen (secondary N) is 1. The molecule has 0 saturated heterocycles. The van der Waals surface area contributed by atoms with Crippen LogP contribution in [-0.4, -0.2) is 32.0 Å². The summed E-state index contributed by atoms with van der Waals surface area (Å²) in [5, 5.41) is 4.03. The van der Waals surface area contributed by atoms with E-state index in [4.69, 9.17) is 32.7 Å². The van der Waals surface area contributed by atoms with Crippen molar-refractivity contribution in [3.8, 4) is 11.5 Å². The highest BCUT2D eigenvalue weighted by Gasteiger charge is 2.09. The number of halogens is 2. The zero-order chi connectivity index (χ0) is 20.5. The summed E-state index contributed by atoms with van der Waals surface area (Å²) in [5.41, 5.74) is 1.53. The second kappa shape index (κ2) is 10.9. The number of carbonyl (C=O) groups excluding carboxylic acids is 2. The molecule has 7 heteroatoms. The minimum Gasteiger partial charge on any atom is -0.493 e. The fourth-order valence-electron chi connectivity index (χ4n) is 2.61.